The molecule has 1 N–H and O–H groups in total. The van der Waals surface area contributed by atoms with Gasteiger partial charge >= 0.3 is 0 Å². The zero-order chi connectivity index (χ0) is 15.5. The third-order valence-electron chi connectivity index (χ3n) is 4.59. The number of carbonyl (C=O) groups excluding carboxylic acids is 1. The maximum Gasteiger partial charge on any atom is 0.241 e. The van der Waals surface area contributed by atoms with Gasteiger partial charge in [-0.05, 0) is 19.8 Å². The number of unbranched alkanes of at least 4 members (excludes halogenated alkanes) is 8. The summed E-state index contributed by atoms with van der Waals surface area (Å²) in [5.41, 5.74) is 0. The van der Waals surface area contributed by atoms with Gasteiger partial charge in [-0.1, -0.05) is 71.6 Å². The van der Waals surface area contributed by atoms with Gasteiger partial charge in [0.1, 0.15) is 0 Å². The van der Waals surface area contributed by atoms with Crippen molar-refractivity contribution in [3.63, 3.8) is 0 Å². The average molecular weight is 296 g/mol. The van der Waals surface area contributed by atoms with Crippen molar-refractivity contribution in [1.29, 1.82) is 0 Å². The molecule has 0 bridgehead atoms. The second kappa shape index (κ2) is 11.1. The van der Waals surface area contributed by atoms with Crippen molar-refractivity contribution in [2.24, 2.45) is 0 Å². The van der Waals surface area contributed by atoms with Crippen LogP contribution >= 0.6 is 0 Å². The van der Waals surface area contributed by atoms with Gasteiger partial charge in [0, 0.05) is 6.54 Å². The third kappa shape index (κ3) is 6.82. The molecule has 1 fully saturated rings. The van der Waals surface area contributed by atoms with Gasteiger partial charge in [-0.15, -0.1) is 0 Å². The van der Waals surface area contributed by atoms with E-state index in [1.165, 1.54) is 44.9 Å². The molecule has 1 heterocycles. The van der Waals surface area contributed by atoms with Crippen molar-refractivity contribution < 1.29 is 4.79 Å². The number of amides is 1. The molecule has 1 rings (SSSR count). The van der Waals surface area contributed by atoms with Crippen LogP contribution in [0.15, 0.2) is 0 Å². The molecule has 0 aliphatic carbocycles. The highest BCUT2D eigenvalue weighted by Gasteiger charge is 2.34. The van der Waals surface area contributed by atoms with Crippen molar-refractivity contribution in [2.45, 2.75) is 104 Å². The molecular weight excluding hydrogens is 260 g/mol. The highest BCUT2D eigenvalue weighted by Crippen LogP contribution is 2.17. The predicted molar refractivity (Wildman–Crippen MR) is 90.2 cm³/mol. The molecule has 0 aromatic carbocycles. The minimum atomic E-state index is 0.0778. The largest absolute Gasteiger partial charge is 0.326 e. The van der Waals surface area contributed by atoms with E-state index in [1.807, 2.05) is 0 Å². The Morgan fingerprint density at radius 2 is 1.48 bits per heavy atom. The molecule has 1 aliphatic rings. The summed E-state index contributed by atoms with van der Waals surface area (Å²) in [4.78, 5) is 14.4. The fraction of sp³-hybridized carbons (Fsp3) is 0.944. The van der Waals surface area contributed by atoms with Crippen LogP contribution in [0.4, 0.5) is 0 Å². The first-order valence-electron chi connectivity index (χ1n) is 9.27. The lowest BCUT2D eigenvalue weighted by atomic mass is 10.1. The van der Waals surface area contributed by atoms with Crippen LogP contribution < -0.4 is 5.32 Å². The van der Waals surface area contributed by atoms with Crippen LogP contribution in [0.5, 0.6) is 0 Å². The minimum absolute atomic E-state index is 0.0778. The van der Waals surface area contributed by atoms with Crippen LogP contribution in [0.25, 0.3) is 0 Å². The Balaban J connectivity index is 2.10. The fourth-order valence-electron chi connectivity index (χ4n) is 3.18. The van der Waals surface area contributed by atoms with E-state index in [9.17, 15) is 4.79 Å². The lowest BCUT2D eigenvalue weighted by Crippen LogP contribution is -2.35. The standard InChI is InChI=1S/C18H36N2O/c1-4-6-8-9-10-11-12-13-15-20-16(3)19-17(18(20)21)14-7-5-2/h16-17,19H,4-15H2,1-3H3. The number of nitrogens with zero attached hydrogens (tertiary/aromatic N) is 1. The molecular formula is C18H36N2O. The molecule has 1 amide bonds. The quantitative estimate of drug-likeness (QED) is 0.539. The Labute approximate surface area is 131 Å². The predicted octanol–water partition coefficient (Wildman–Crippen LogP) is 4.46. The van der Waals surface area contributed by atoms with Gasteiger partial charge in [0.15, 0.2) is 0 Å². The van der Waals surface area contributed by atoms with Crippen LogP contribution in [0.1, 0.15) is 91.4 Å². The molecule has 2 unspecified atom stereocenters. The summed E-state index contributed by atoms with van der Waals surface area (Å²) in [7, 11) is 0. The van der Waals surface area contributed by atoms with Crippen LogP contribution in [0.3, 0.4) is 0 Å². The summed E-state index contributed by atoms with van der Waals surface area (Å²) in [6.45, 7) is 7.50. The van der Waals surface area contributed by atoms with E-state index < -0.39 is 0 Å². The summed E-state index contributed by atoms with van der Waals surface area (Å²) in [5.74, 6) is 0.332. The Kier molecular flexibility index (Phi) is 9.73. The Bertz CT molecular complexity index is 280. The average Bonchev–Trinajstić information content (AvgIpc) is 2.74. The molecule has 1 aliphatic heterocycles. The van der Waals surface area contributed by atoms with E-state index in [0.717, 1.165) is 32.2 Å². The maximum atomic E-state index is 12.3. The summed E-state index contributed by atoms with van der Waals surface area (Å²) < 4.78 is 0. The van der Waals surface area contributed by atoms with E-state index in [-0.39, 0.29) is 12.2 Å². The molecule has 3 nitrogen and oxygen atoms in total. The third-order valence-corrected chi connectivity index (χ3v) is 4.59. The van der Waals surface area contributed by atoms with Crippen molar-refractivity contribution in [3.05, 3.63) is 0 Å². The highest BCUT2D eigenvalue weighted by atomic mass is 16.2. The Morgan fingerprint density at radius 3 is 2.10 bits per heavy atom. The fourth-order valence-corrected chi connectivity index (χ4v) is 3.18. The number of rotatable bonds is 12. The second-order valence-corrected chi connectivity index (χ2v) is 6.54. The van der Waals surface area contributed by atoms with E-state index in [0.29, 0.717) is 5.91 Å². The molecule has 124 valence electrons. The first kappa shape index (κ1) is 18.5. The highest BCUT2D eigenvalue weighted by molar-refractivity contribution is 5.84. The van der Waals surface area contributed by atoms with E-state index in [4.69, 9.17) is 0 Å². The number of hydrogen-bond acceptors (Lipinski definition) is 2. The second-order valence-electron chi connectivity index (χ2n) is 6.54. The van der Waals surface area contributed by atoms with Gasteiger partial charge < -0.3 is 4.90 Å². The molecule has 0 radical (unpaired) electrons. The zero-order valence-corrected chi connectivity index (χ0v) is 14.5. The number of hydrogen-bond donors (Lipinski definition) is 1. The smallest absolute Gasteiger partial charge is 0.241 e. The summed E-state index contributed by atoms with van der Waals surface area (Å²) >= 11 is 0. The first-order valence-corrected chi connectivity index (χ1v) is 9.27. The van der Waals surface area contributed by atoms with Gasteiger partial charge in [-0.2, -0.15) is 0 Å². The monoisotopic (exact) mass is 296 g/mol. The van der Waals surface area contributed by atoms with Crippen LogP contribution in [-0.4, -0.2) is 29.6 Å². The van der Waals surface area contributed by atoms with Crippen LogP contribution in [-0.2, 0) is 4.79 Å². The SMILES string of the molecule is CCCCCCCCCCN1C(=O)C(CCCC)NC1C. The zero-order valence-electron chi connectivity index (χ0n) is 14.5. The minimum Gasteiger partial charge on any atom is -0.326 e. The normalized spacial score (nSPS) is 22.2. The first-order chi connectivity index (χ1) is 10.2. The van der Waals surface area contributed by atoms with Crippen LogP contribution in [0, 0.1) is 0 Å². The molecule has 3 heteroatoms. The van der Waals surface area contributed by atoms with Gasteiger partial charge in [0.25, 0.3) is 0 Å². The molecule has 0 aromatic heterocycles. The Hall–Kier alpha value is -0.570. The van der Waals surface area contributed by atoms with Crippen LogP contribution in [0.2, 0.25) is 0 Å². The lowest BCUT2D eigenvalue weighted by Gasteiger charge is -2.20. The van der Waals surface area contributed by atoms with Gasteiger partial charge in [0.05, 0.1) is 12.2 Å². The molecule has 1 saturated heterocycles. The molecule has 21 heavy (non-hydrogen) atoms. The van der Waals surface area contributed by atoms with Gasteiger partial charge in [-0.25, -0.2) is 0 Å². The molecule has 2 atom stereocenters. The summed E-state index contributed by atoms with van der Waals surface area (Å²) in [6, 6.07) is 0.0778. The van der Waals surface area contributed by atoms with E-state index in [1.54, 1.807) is 0 Å². The molecule has 0 aromatic rings. The molecule has 0 spiro atoms. The Morgan fingerprint density at radius 1 is 0.905 bits per heavy atom. The lowest BCUT2D eigenvalue weighted by molar-refractivity contribution is -0.130. The number of carbonyl (C=O) groups is 1. The number of nitrogens with one attached hydrogen (secondary N) is 1. The van der Waals surface area contributed by atoms with Crippen molar-refractivity contribution >= 4 is 5.91 Å². The van der Waals surface area contributed by atoms with Crippen molar-refractivity contribution in [2.75, 3.05) is 6.54 Å². The topological polar surface area (TPSA) is 32.3 Å². The summed E-state index contributed by atoms with van der Waals surface area (Å²) in [6.07, 6.45) is 14.1. The van der Waals surface area contributed by atoms with E-state index >= 15 is 0 Å². The molecule has 0 saturated carbocycles. The van der Waals surface area contributed by atoms with Crippen molar-refractivity contribution in [3.8, 4) is 0 Å². The van der Waals surface area contributed by atoms with Crippen molar-refractivity contribution in [1.82, 2.24) is 10.2 Å². The summed E-state index contributed by atoms with van der Waals surface area (Å²) in [5, 5.41) is 3.44. The van der Waals surface area contributed by atoms with Gasteiger partial charge in [-0.3, -0.25) is 10.1 Å². The van der Waals surface area contributed by atoms with Gasteiger partial charge in [0.2, 0.25) is 5.91 Å². The van der Waals surface area contributed by atoms with E-state index in [2.05, 4.69) is 31.0 Å². The maximum absolute atomic E-state index is 12.3.